The Hall–Kier alpha value is -1.99. The van der Waals surface area contributed by atoms with E-state index in [1.54, 1.807) is 22.8 Å². The molecule has 0 aliphatic heterocycles. The molecule has 0 unspecified atom stereocenters. The summed E-state index contributed by atoms with van der Waals surface area (Å²) in [6, 6.07) is 5.62. The van der Waals surface area contributed by atoms with Crippen LogP contribution in [0.5, 0.6) is 0 Å². The highest BCUT2D eigenvalue weighted by molar-refractivity contribution is 7.14. The van der Waals surface area contributed by atoms with Gasteiger partial charge in [-0.15, -0.1) is 22.7 Å². The molecule has 0 saturated carbocycles. The fourth-order valence-electron chi connectivity index (χ4n) is 1.56. The number of nitrogens with zero attached hydrogens (tertiary/aromatic N) is 2. The topological polar surface area (TPSA) is 84.7 Å². The van der Waals surface area contributed by atoms with E-state index in [2.05, 4.69) is 15.2 Å². The minimum absolute atomic E-state index is 0.263. The Morgan fingerprint density at radius 1 is 1.28 bits per heavy atom. The second-order valence-corrected chi connectivity index (χ2v) is 5.38. The largest absolute Gasteiger partial charge is 0.375 e. The highest BCUT2D eigenvalue weighted by atomic mass is 32.1. The number of H-pyrrole nitrogens is 1. The number of aromatic nitrogens is 3. The molecule has 3 aromatic rings. The Morgan fingerprint density at radius 2 is 2.17 bits per heavy atom. The van der Waals surface area contributed by atoms with Gasteiger partial charge in [-0.25, -0.2) is 10.1 Å². The van der Waals surface area contributed by atoms with E-state index in [1.165, 1.54) is 11.3 Å². The molecule has 0 aliphatic carbocycles. The monoisotopic (exact) mass is 276 g/mol. The summed E-state index contributed by atoms with van der Waals surface area (Å²) in [4.78, 5) is 16.9. The number of nitrogens with two attached hydrogens (primary N) is 1. The normalized spacial score (nSPS) is 10.7. The minimum atomic E-state index is -0.263. The SMILES string of the molecule is Nc1nc(-c2cc(-c3cccs3)n[nH]c2=O)cs1. The van der Waals surface area contributed by atoms with Gasteiger partial charge in [-0.3, -0.25) is 4.79 Å². The minimum Gasteiger partial charge on any atom is -0.375 e. The highest BCUT2D eigenvalue weighted by Gasteiger charge is 2.10. The predicted octanol–water partition coefficient (Wildman–Crippen LogP) is 2.20. The van der Waals surface area contributed by atoms with Crippen molar-refractivity contribution in [3.63, 3.8) is 0 Å². The van der Waals surface area contributed by atoms with Gasteiger partial charge in [0.15, 0.2) is 5.13 Å². The molecular formula is C11H8N4OS2. The van der Waals surface area contributed by atoms with Crippen LogP contribution >= 0.6 is 22.7 Å². The van der Waals surface area contributed by atoms with Crippen molar-refractivity contribution in [2.24, 2.45) is 0 Å². The van der Waals surface area contributed by atoms with E-state index in [9.17, 15) is 4.79 Å². The maximum absolute atomic E-state index is 11.8. The zero-order valence-corrected chi connectivity index (χ0v) is 10.7. The molecule has 90 valence electrons. The van der Waals surface area contributed by atoms with Gasteiger partial charge in [-0.2, -0.15) is 5.10 Å². The van der Waals surface area contributed by atoms with Crippen LogP contribution in [0.2, 0.25) is 0 Å². The molecule has 0 aliphatic rings. The van der Waals surface area contributed by atoms with Crippen LogP contribution in [0, 0.1) is 0 Å². The number of nitrogens with one attached hydrogen (secondary N) is 1. The van der Waals surface area contributed by atoms with E-state index in [0.717, 1.165) is 10.6 Å². The van der Waals surface area contributed by atoms with Gasteiger partial charge in [-0.1, -0.05) is 6.07 Å². The predicted molar refractivity (Wildman–Crippen MR) is 73.7 cm³/mol. The van der Waals surface area contributed by atoms with E-state index in [4.69, 9.17) is 5.73 Å². The number of thiophene rings is 1. The molecule has 0 bridgehead atoms. The summed E-state index contributed by atoms with van der Waals surface area (Å²) in [5.74, 6) is 0. The first-order valence-electron chi connectivity index (χ1n) is 5.09. The van der Waals surface area contributed by atoms with E-state index in [1.807, 2.05) is 17.5 Å². The van der Waals surface area contributed by atoms with Gasteiger partial charge in [0.2, 0.25) is 0 Å². The van der Waals surface area contributed by atoms with Crippen molar-refractivity contribution in [2.75, 3.05) is 5.73 Å². The van der Waals surface area contributed by atoms with Crippen LogP contribution < -0.4 is 11.3 Å². The summed E-state index contributed by atoms with van der Waals surface area (Å²) >= 11 is 2.87. The number of thiazole rings is 1. The summed E-state index contributed by atoms with van der Waals surface area (Å²) in [6.07, 6.45) is 0. The maximum Gasteiger partial charge on any atom is 0.273 e. The van der Waals surface area contributed by atoms with Gasteiger partial charge in [0.25, 0.3) is 5.56 Å². The van der Waals surface area contributed by atoms with Crippen LogP contribution in [-0.2, 0) is 0 Å². The van der Waals surface area contributed by atoms with Gasteiger partial charge in [0.05, 0.1) is 16.1 Å². The van der Waals surface area contributed by atoms with Crippen molar-refractivity contribution in [2.45, 2.75) is 0 Å². The maximum atomic E-state index is 11.8. The molecule has 3 heterocycles. The van der Waals surface area contributed by atoms with Crippen molar-refractivity contribution in [3.05, 3.63) is 39.3 Å². The number of rotatable bonds is 2. The van der Waals surface area contributed by atoms with Crippen LogP contribution in [0.1, 0.15) is 0 Å². The molecule has 0 radical (unpaired) electrons. The van der Waals surface area contributed by atoms with Gasteiger partial charge in [-0.05, 0) is 17.5 Å². The lowest BCUT2D eigenvalue weighted by molar-refractivity contribution is 0.999. The number of anilines is 1. The molecular weight excluding hydrogens is 268 g/mol. The van der Waals surface area contributed by atoms with E-state index < -0.39 is 0 Å². The Bertz CT molecular complexity index is 730. The zero-order valence-electron chi connectivity index (χ0n) is 9.08. The number of hydrogen-bond donors (Lipinski definition) is 2. The second kappa shape index (κ2) is 4.35. The molecule has 0 atom stereocenters. The molecule has 3 N–H and O–H groups in total. The first kappa shape index (κ1) is 11.1. The fraction of sp³-hybridized carbons (Fsp3) is 0. The van der Waals surface area contributed by atoms with Gasteiger partial charge >= 0.3 is 0 Å². The van der Waals surface area contributed by atoms with Crippen molar-refractivity contribution in [1.82, 2.24) is 15.2 Å². The summed E-state index contributed by atoms with van der Waals surface area (Å²) in [7, 11) is 0. The van der Waals surface area contributed by atoms with E-state index in [-0.39, 0.29) is 5.56 Å². The Morgan fingerprint density at radius 3 is 2.83 bits per heavy atom. The number of hydrogen-bond acceptors (Lipinski definition) is 6. The van der Waals surface area contributed by atoms with Crippen LogP contribution in [0.4, 0.5) is 5.13 Å². The third-order valence-corrected chi connectivity index (χ3v) is 3.94. The fourth-order valence-corrected chi connectivity index (χ4v) is 2.81. The molecule has 18 heavy (non-hydrogen) atoms. The van der Waals surface area contributed by atoms with Crippen molar-refractivity contribution < 1.29 is 0 Å². The van der Waals surface area contributed by atoms with E-state index in [0.29, 0.717) is 16.4 Å². The van der Waals surface area contributed by atoms with Gasteiger partial charge < -0.3 is 5.73 Å². The summed E-state index contributed by atoms with van der Waals surface area (Å²) in [5.41, 5.74) is 7.11. The summed E-state index contributed by atoms with van der Waals surface area (Å²) in [6.45, 7) is 0. The molecule has 0 amide bonds. The Labute approximate surface area is 110 Å². The Kier molecular flexibility index (Phi) is 2.69. The average Bonchev–Trinajstić information content (AvgIpc) is 3.01. The van der Waals surface area contributed by atoms with Crippen LogP contribution in [0.25, 0.3) is 21.8 Å². The van der Waals surface area contributed by atoms with Crippen LogP contribution in [0.15, 0.2) is 33.8 Å². The first-order valence-corrected chi connectivity index (χ1v) is 6.85. The van der Waals surface area contributed by atoms with Crippen molar-refractivity contribution in [1.29, 1.82) is 0 Å². The quantitative estimate of drug-likeness (QED) is 0.751. The lowest BCUT2D eigenvalue weighted by atomic mass is 10.2. The summed E-state index contributed by atoms with van der Waals surface area (Å²) in [5, 5.41) is 10.7. The van der Waals surface area contributed by atoms with Gasteiger partial charge in [0, 0.05) is 5.38 Å². The van der Waals surface area contributed by atoms with Gasteiger partial charge in [0.1, 0.15) is 5.69 Å². The first-order chi connectivity index (χ1) is 8.74. The standard InChI is InChI=1S/C11H8N4OS2/c12-11-13-8(5-18-11)6-4-7(14-15-10(6)16)9-2-1-3-17-9/h1-5H,(H2,12,13)(H,15,16). The van der Waals surface area contributed by atoms with Crippen LogP contribution in [-0.4, -0.2) is 15.2 Å². The third-order valence-electron chi connectivity index (χ3n) is 2.38. The average molecular weight is 276 g/mol. The molecule has 3 aromatic heterocycles. The molecule has 3 rings (SSSR count). The lowest BCUT2D eigenvalue weighted by Crippen LogP contribution is -2.11. The molecule has 5 nitrogen and oxygen atoms in total. The molecule has 7 heteroatoms. The summed E-state index contributed by atoms with van der Waals surface area (Å²) < 4.78 is 0. The van der Waals surface area contributed by atoms with Crippen molar-refractivity contribution in [3.8, 4) is 21.8 Å². The smallest absolute Gasteiger partial charge is 0.273 e. The van der Waals surface area contributed by atoms with Crippen molar-refractivity contribution >= 4 is 27.8 Å². The molecule has 0 spiro atoms. The third kappa shape index (κ3) is 1.93. The highest BCUT2D eigenvalue weighted by Crippen LogP contribution is 2.26. The van der Waals surface area contributed by atoms with Crippen LogP contribution in [0.3, 0.4) is 0 Å². The van der Waals surface area contributed by atoms with E-state index >= 15 is 0 Å². The Balaban J connectivity index is 2.15. The zero-order chi connectivity index (χ0) is 12.5. The molecule has 0 saturated heterocycles. The lowest BCUT2D eigenvalue weighted by Gasteiger charge is -1.99. The number of aromatic amines is 1. The second-order valence-electron chi connectivity index (χ2n) is 3.54. The molecule has 0 fully saturated rings. The molecule has 0 aromatic carbocycles. The number of nitrogen functional groups attached to an aromatic ring is 1.